The molecule has 1 aliphatic rings. The molecule has 7 nitrogen and oxygen atoms in total. The van der Waals surface area contributed by atoms with E-state index in [2.05, 4.69) is 27.3 Å². The van der Waals surface area contributed by atoms with Crippen molar-refractivity contribution in [2.75, 3.05) is 32.8 Å². The van der Waals surface area contributed by atoms with Crippen molar-refractivity contribution in [3.8, 4) is 0 Å². The van der Waals surface area contributed by atoms with Gasteiger partial charge < -0.3 is 15.4 Å². The highest BCUT2D eigenvalue weighted by atomic mass is 35.5. The molecule has 0 spiro atoms. The van der Waals surface area contributed by atoms with E-state index in [0.717, 1.165) is 37.3 Å². The third-order valence-corrected chi connectivity index (χ3v) is 6.92. The van der Waals surface area contributed by atoms with E-state index >= 15 is 0 Å². The Balaban J connectivity index is 1.80. The Morgan fingerprint density at radius 3 is 2.80 bits per heavy atom. The van der Waals surface area contributed by atoms with Crippen LogP contribution in [0.1, 0.15) is 26.7 Å². The highest BCUT2D eigenvalue weighted by Gasteiger charge is 2.29. The SMILES string of the molecule is CCNC(=NCC1(C)CCCO1)NCCNS(=O)(=O)c1ccc(Cl)s1. The summed E-state index contributed by atoms with van der Waals surface area (Å²) >= 11 is 6.82. The third kappa shape index (κ3) is 6.41. The van der Waals surface area contributed by atoms with Crippen molar-refractivity contribution in [3.05, 3.63) is 16.5 Å². The molecule has 0 aromatic carbocycles. The average Bonchev–Trinajstić information content (AvgIpc) is 3.18. The summed E-state index contributed by atoms with van der Waals surface area (Å²) in [7, 11) is -3.52. The quantitative estimate of drug-likeness (QED) is 0.346. The van der Waals surface area contributed by atoms with Gasteiger partial charge in [-0.1, -0.05) is 11.6 Å². The van der Waals surface area contributed by atoms with Gasteiger partial charge in [0.05, 0.1) is 16.5 Å². The lowest BCUT2D eigenvalue weighted by molar-refractivity contribution is 0.0283. The minimum absolute atomic E-state index is 0.206. The Labute approximate surface area is 158 Å². The summed E-state index contributed by atoms with van der Waals surface area (Å²) in [4.78, 5) is 4.54. The molecule has 142 valence electrons. The van der Waals surface area contributed by atoms with Crippen LogP contribution in [0.5, 0.6) is 0 Å². The van der Waals surface area contributed by atoms with Crippen LogP contribution in [0.25, 0.3) is 0 Å². The van der Waals surface area contributed by atoms with Crippen molar-refractivity contribution >= 4 is 38.9 Å². The van der Waals surface area contributed by atoms with Crippen LogP contribution in [0.2, 0.25) is 4.34 Å². The van der Waals surface area contributed by atoms with Crippen LogP contribution in [-0.2, 0) is 14.8 Å². The Hall–Kier alpha value is -0.870. The van der Waals surface area contributed by atoms with Gasteiger partial charge in [-0.25, -0.2) is 13.1 Å². The van der Waals surface area contributed by atoms with Gasteiger partial charge >= 0.3 is 0 Å². The molecule has 10 heteroatoms. The van der Waals surface area contributed by atoms with Crippen LogP contribution in [0.15, 0.2) is 21.3 Å². The molecule has 0 saturated carbocycles. The van der Waals surface area contributed by atoms with Gasteiger partial charge in [-0.05, 0) is 38.8 Å². The van der Waals surface area contributed by atoms with Gasteiger partial charge in [-0.2, -0.15) is 0 Å². The average molecular weight is 409 g/mol. The summed E-state index contributed by atoms with van der Waals surface area (Å²) in [6.07, 6.45) is 2.06. The van der Waals surface area contributed by atoms with E-state index < -0.39 is 10.0 Å². The van der Waals surface area contributed by atoms with Crippen molar-refractivity contribution in [1.82, 2.24) is 15.4 Å². The molecule has 0 amide bonds. The maximum atomic E-state index is 12.1. The van der Waals surface area contributed by atoms with Crippen LogP contribution in [-0.4, -0.2) is 52.8 Å². The van der Waals surface area contributed by atoms with Crippen LogP contribution in [0, 0.1) is 0 Å². The van der Waals surface area contributed by atoms with E-state index in [-0.39, 0.29) is 16.4 Å². The van der Waals surface area contributed by atoms with Gasteiger partial charge in [-0.15, -0.1) is 11.3 Å². The second-order valence-electron chi connectivity index (χ2n) is 5.98. The van der Waals surface area contributed by atoms with Crippen molar-refractivity contribution in [3.63, 3.8) is 0 Å². The maximum Gasteiger partial charge on any atom is 0.250 e. The summed E-state index contributed by atoms with van der Waals surface area (Å²) < 4.78 is 33.1. The number of thiophene rings is 1. The lowest BCUT2D eigenvalue weighted by atomic mass is 10.0. The summed E-state index contributed by atoms with van der Waals surface area (Å²) in [5, 5.41) is 6.27. The first-order valence-corrected chi connectivity index (χ1v) is 10.9. The van der Waals surface area contributed by atoms with E-state index in [1.54, 1.807) is 6.07 Å². The normalized spacial score (nSPS) is 21.5. The largest absolute Gasteiger partial charge is 0.373 e. The first-order chi connectivity index (χ1) is 11.8. The van der Waals surface area contributed by atoms with Crippen molar-refractivity contribution in [1.29, 1.82) is 0 Å². The van der Waals surface area contributed by atoms with Crippen LogP contribution in [0.3, 0.4) is 0 Å². The molecule has 3 N–H and O–H groups in total. The molecule has 0 radical (unpaired) electrons. The zero-order chi connectivity index (χ0) is 18.3. The van der Waals surface area contributed by atoms with E-state index in [0.29, 0.717) is 23.4 Å². The number of guanidine groups is 1. The molecule has 0 bridgehead atoms. The van der Waals surface area contributed by atoms with Gasteiger partial charge in [0, 0.05) is 26.2 Å². The van der Waals surface area contributed by atoms with Crippen LogP contribution >= 0.6 is 22.9 Å². The second-order valence-corrected chi connectivity index (χ2v) is 9.69. The van der Waals surface area contributed by atoms with Crippen LogP contribution in [0.4, 0.5) is 0 Å². The van der Waals surface area contributed by atoms with Crippen molar-refractivity contribution < 1.29 is 13.2 Å². The minimum Gasteiger partial charge on any atom is -0.373 e. The molecule has 2 heterocycles. The van der Waals surface area contributed by atoms with Crippen molar-refractivity contribution in [2.24, 2.45) is 4.99 Å². The third-order valence-electron chi connectivity index (χ3n) is 3.74. The highest BCUT2D eigenvalue weighted by molar-refractivity contribution is 7.91. The highest BCUT2D eigenvalue weighted by Crippen LogP contribution is 2.25. The van der Waals surface area contributed by atoms with Gasteiger partial charge in [-0.3, -0.25) is 4.99 Å². The smallest absolute Gasteiger partial charge is 0.250 e. The number of nitrogens with one attached hydrogen (secondary N) is 3. The number of aliphatic imine (C=N–C) groups is 1. The number of sulfonamides is 1. The van der Waals surface area contributed by atoms with E-state index in [1.807, 2.05) is 6.92 Å². The summed E-state index contributed by atoms with van der Waals surface area (Å²) in [5.41, 5.74) is -0.206. The fourth-order valence-corrected chi connectivity index (χ4v) is 4.99. The first kappa shape index (κ1) is 20.4. The molecule has 25 heavy (non-hydrogen) atoms. The van der Waals surface area contributed by atoms with Gasteiger partial charge in [0.15, 0.2) is 5.96 Å². The molecular formula is C15H25ClN4O3S2. The Morgan fingerprint density at radius 2 is 2.20 bits per heavy atom. The van der Waals surface area contributed by atoms with Gasteiger partial charge in [0.2, 0.25) is 10.0 Å². The van der Waals surface area contributed by atoms with E-state index in [4.69, 9.17) is 16.3 Å². The predicted molar refractivity (Wildman–Crippen MR) is 102 cm³/mol. The Bertz CT molecular complexity index is 685. The summed E-state index contributed by atoms with van der Waals surface area (Å²) in [6, 6.07) is 3.07. The standard InChI is InChI=1S/C15H25ClN4O3S2/c1-3-17-14(19-11-15(2)7-4-10-23-15)18-8-9-20-25(21,22)13-6-5-12(16)24-13/h5-6,20H,3-4,7-11H2,1-2H3,(H2,17,18,19). The van der Waals surface area contributed by atoms with Gasteiger partial charge in [0.1, 0.15) is 4.21 Å². The molecule has 1 aromatic heterocycles. The number of hydrogen-bond acceptors (Lipinski definition) is 5. The molecule has 1 fully saturated rings. The summed E-state index contributed by atoms with van der Waals surface area (Å²) in [6.45, 7) is 6.79. The summed E-state index contributed by atoms with van der Waals surface area (Å²) in [5.74, 6) is 0.651. The molecule has 1 aliphatic heterocycles. The minimum atomic E-state index is -3.52. The molecule has 1 saturated heterocycles. The lowest BCUT2D eigenvalue weighted by Gasteiger charge is -2.21. The van der Waals surface area contributed by atoms with E-state index in [1.165, 1.54) is 6.07 Å². The molecule has 1 unspecified atom stereocenters. The van der Waals surface area contributed by atoms with E-state index in [9.17, 15) is 8.42 Å². The molecule has 2 rings (SSSR count). The maximum absolute atomic E-state index is 12.1. The number of nitrogens with zero attached hydrogens (tertiary/aromatic N) is 1. The van der Waals surface area contributed by atoms with Gasteiger partial charge in [0.25, 0.3) is 0 Å². The second kappa shape index (κ2) is 9.18. The zero-order valence-corrected chi connectivity index (χ0v) is 16.9. The molecule has 1 aromatic rings. The number of rotatable bonds is 8. The topological polar surface area (TPSA) is 91.8 Å². The number of ether oxygens (including phenoxy) is 1. The fraction of sp³-hybridized carbons (Fsp3) is 0.667. The first-order valence-electron chi connectivity index (χ1n) is 8.26. The predicted octanol–water partition coefficient (Wildman–Crippen LogP) is 1.80. The lowest BCUT2D eigenvalue weighted by Crippen LogP contribution is -2.42. The van der Waals surface area contributed by atoms with Crippen molar-refractivity contribution in [2.45, 2.75) is 36.5 Å². The number of hydrogen-bond donors (Lipinski definition) is 3. The monoisotopic (exact) mass is 408 g/mol. The Morgan fingerprint density at radius 1 is 1.40 bits per heavy atom. The fourth-order valence-electron chi connectivity index (χ4n) is 2.43. The Kier molecular flexibility index (Phi) is 7.51. The molecule has 0 aliphatic carbocycles. The van der Waals surface area contributed by atoms with Crippen LogP contribution < -0.4 is 15.4 Å². The molecular weight excluding hydrogens is 384 g/mol. The molecule has 1 atom stereocenters. The zero-order valence-electron chi connectivity index (χ0n) is 14.5. The number of halogens is 1.